The number of carbonyl (C=O) groups is 2. The summed E-state index contributed by atoms with van der Waals surface area (Å²) in [4.78, 5) is 22.8. The first-order valence-electron chi connectivity index (χ1n) is 7.24. The first-order valence-corrected chi connectivity index (χ1v) is 7.24. The van der Waals surface area contributed by atoms with Crippen LogP contribution in [0, 0.1) is 0 Å². The van der Waals surface area contributed by atoms with Crippen LogP contribution in [0.4, 0.5) is 0 Å². The fourth-order valence-electron chi connectivity index (χ4n) is 2.21. The molecule has 2 aromatic carbocycles. The van der Waals surface area contributed by atoms with Crippen LogP contribution in [0.1, 0.15) is 26.5 Å². The monoisotopic (exact) mass is 305 g/mol. The van der Waals surface area contributed by atoms with Gasteiger partial charge >= 0.3 is 0 Å². The number of amides is 1. The summed E-state index contributed by atoms with van der Waals surface area (Å²) in [6.45, 7) is 0.448. The molecule has 0 atom stereocenters. The van der Waals surface area contributed by atoms with Crippen LogP contribution in [0.3, 0.4) is 0 Å². The lowest BCUT2D eigenvalue weighted by atomic mass is 10.1. The Morgan fingerprint density at radius 2 is 1.70 bits per heavy atom. The fraction of sp³-hybridized carbons (Fsp3) is 0.0526. The second kappa shape index (κ2) is 6.75. The molecule has 0 spiro atoms. The van der Waals surface area contributed by atoms with E-state index in [9.17, 15) is 9.59 Å². The third-order valence-electron chi connectivity index (χ3n) is 3.46. The van der Waals surface area contributed by atoms with Gasteiger partial charge in [0.1, 0.15) is 12.0 Å². The molecule has 3 rings (SSSR count). The van der Waals surface area contributed by atoms with E-state index in [2.05, 4.69) is 5.32 Å². The molecule has 0 saturated heterocycles. The lowest BCUT2D eigenvalue weighted by molar-refractivity contribution is 0.0924. The molecule has 0 aliphatic carbocycles. The van der Waals surface area contributed by atoms with Gasteiger partial charge in [0.05, 0.1) is 0 Å². The van der Waals surface area contributed by atoms with Crippen molar-refractivity contribution in [3.8, 4) is 11.3 Å². The minimum atomic E-state index is -0.260. The van der Waals surface area contributed by atoms with E-state index in [0.29, 0.717) is 17.9 Å². The molecule has 0 unspecified atom stereocenters. The second-order valence-electron chi connectivity index (χ2n) is 5.07. The van der Waals surface area contributed by atoms with Gasteiger partial charge in [-0.05, 0) is 17.7 Å². The van der Waals surface area contributed by atoms with Crippen LogP contribution < -0.4 is 5.32 Å². The Kier molecular flexibility index (Phi) is 4.34. The molecule has 0 saturated carbocycles. The largest absolute Gasteiger partial charge is 0.451 e. The van der Waals surface area contributed by atoms with Gasteiger partial charge in [-0.15, -0.1) is 0 Å². The molecule has 114 valence electrons. The minimum Gasteiger partial charge on any atom is -0.451 e. The summed E-state index contributed by atoms with van der Waals surface area (Å²) in [6.07, 6.45) is 0.786. The van der Waals surface area contributed by atoms with Gasteiger partial charge in [0, 0.05) is 17.7 Å². The summed E-state index contributed by atoms with van der Waals surface area (Å²) < 4.78 is 5.59. The third kappa shape index (κ3) is 3.55. The van der Waals surface area contributed by atoms with E-state index in [1.165, 1.54) is 0 Å². The topological polar surface area (TPSA) is 59.3 Å². The van der Waals surface area contributed by atoms with Crippen molar-refractivity contribution in [3.05, 3.63) is 83.6 Å². The molecule has 0 aliphatic rings. The first-order chi connectivity index (χ1) is 11.3. The van der Waals surface area contributed by atoms with Crippen LogP contribution in [0.2, 0.25) is 0 Å². The molecule has 1 aromatic heterocycles. The van der Waals surface area contributed by atoms with Gasteiger partial charge in [-0.2, -0.15) is 0 Å². The number of hydrogen-bond donors (Lipinski definition) is 1. The SMILES string of the molecule is O=Cc1ccc(-c2ccc(C(=O)NCc3ccccc3)o2)cc1. The third-order valence-corrected chi connectivity index (χ3v) is 3.46. The molecule has 23 heavy (non-hydrogen) atoms. The molecular weight excluding hydrogens is 290 g/mol. The summed E-state index contributed by atoms with van der Waals surface area (Å²) in [5, 5.41) is 2.82. The van der Waals surface area contributed by atoms with Crippen LogP contribution in [-0.4, -0.2) is 12.2 Å². The molecule has 0 radical (unpaired) electrons. The van der Waals surface area contributed by atoms with Crippen molar-refractivity contribution < 1.29 is 14.0 Å². The van der Waals surface area contributed by atoms with Crippen LogP contribution in [-0.2, 0) is 6.54 Å². The van der Waals surface area contributed by atoms with E-state index >= 15 is 0 Å². The van der Waals surface area contributed by atoms with Crippen LogP contribution in [0.25, 0.3) is 11.3 Å². The molecule has 1 amide bonds. The van der Waals surface area contributed by atoms with Gasteiger partial charge in [0.15, 0.2) is 5.76 Å². The molecular formula is C19H15NO3. The Bertz CT molecular complexity index is 804. The maximum Gasteiger partial charge on any atom is 0.287 e. The molecule has 1 heterocycles. The maximum absolute atomic E-state index is 12.1. The van der Waals surface area contributed by atoms with Crippen molar-refractivity contribution >= 4 is 12.2 Å². The average Bonchev–Trinajstić information content (AvgIpc) is 3.11. The molecule has 4 nitrogen and oxygen atoms in total. The minimum absolute atomic E-state index is 0.260. The Balaban J connectivity index is 1.68. The summed E-state index contributed by atoms with van der Waals surface area (Å²) >= 11 is 0. The van der Waals surface area contributed by atoms with Crippen molar-refractivity contribution in [3.63, 3.8) is 0 Å². The van der Waals surface area contributed by atoms with Crippen molar-refractivity contribution in [2.45, 2.75) is 6.54 Å². The number of nitrogens with one attached hydrogen (secondary N) is 1. The average molecular weight is 305 g/mol. The Morgan fingerprint density at radius 3 is 2.39 bits per heavy atom. The predicted molar refractivity (Wildman–Crippen MR) is 87.1 cm³/mol. The van der Waals surface area contributed by atoms with Gasteiger partial charge in [-0.3, -0.25) is 9.59 Å². The molecule has 0 aliphatic heterocycles. The van der Waals surface area contributed by atoms with Crippen molar-refractivity contribution in [2.75, 3.05) is 0 Å². The highest BCUT2D eigenvalue weighted by molar-refractivity contribution is 5.92. The highest BCUT2D eigenvalue weighted by atomic mass is 16.3. The fourth-order valence-corrected chi connectivity index (χ4v) is 2.21. The molecule has 0 bridgehead atoms. The van der Waals surface area contributed by atoms with E-state index in [0.717, 1.165) is 17.4 Å². The van der Waals surface area contributed by atoms with Gasteiger partial charge < -0.3 is 9.73 Å². The zero-order valence-electron chi connectivity index (χ0n) is 12.4. The normalized spacial score (nSPS) is 10.3. The number of rotatable bonds is 5. The summed E-state index contributed by atoms with van der Waals surface area (Å²) in [5.41, 5.74) is 2.44. The molecule has 3 aromatic rings. The van der Waals surface area contributed by atoms with Gasteiger partial charge in [-0.25, -0.2) is 0 Å². The maximum atomic E-state index is 12.1. The predicted octanol–water partition coefficient (Wildman–Crippen LogP) is 3.69. The highest BCUT2D eigenvalue weighted by Gasteiger charge is 2.12. The molecule has 1 N–H and O–H groups in total. The Morgan fingerprint density at radius 1 is 0.957 bits per heavy atom. The van der Waals surface area contributed by atoms with Crippen LogP contribution >= 0.6 is 0 Å². The van der Waals surface area contributed by atoms with Crippen molar-refractivity contribution in [2.24, 2.45) is 0 Å². The van der Waals surface area contributed by atoms with Crippen molar-refractivity contribution in [1.82, 2.24) is 5.32 Å². The van der Waals surface area contributed by atoms with E-state index in [1.54, 1.807) is 36.4 Å². The summed E-state index contributed by atoms with van der Waals surface area (Å²) in [5.74, 6) is 0.590. The zero-order chi connectivity index (χ0) is 16.1. The van der Waals surface area contributed by atoms with Gasteiger partial charge in [-0.1, -0.05) is 54.6 Å². The van der Waals surface area contributed by atoms with Crippen LogP contribution in [0.5, 0.6) is 0 Å². The standard InChI is InChI=1S/C19H15NO3/c21-13-15-6-8-16(9-7-15)17-10-11-18(23-17)19(22)20-12-14-4-2-1-3-5-14/h1-11,13H,12H2,(H,20,22). The number of carbonyl (C=O) groups excluding carboxylic acids is 2. The highest BCUT2D eigenvalue weighted by Crippen LogP contribution is 2.22. The lowest BCUT2D eigenvalue weighted by Crippen LogP contribution is -2.22. The van der Waals surface area contributed by atoms with Crippen LogP contribution in [0.15, 0.2) is 71.1 Å². The van der Waals surface area contributed by atoms with E-state index in [1.807, 2.05) is 30.3 Å². The summed E-state index contributed by atoms with van der Waals surface area (Å²) in [6, 6.07) is 20.1. The lowest BCUT2D eigenvalue weighted by Gasteiger charge is -2.03. The van der Waals surface area contributed by atoms with Crippen molar-refractivity contribution in [1.29, 1.82) is 0 Å². The molecule has 4 heteroatoms. The Labute approximate surface area is 133 Å². The summed E-state index contributed by atoms with van der Waals surface area (Å²) in [7, 11) is 0. The van der Waals surface area contributed by atoms with E-state index in [4.69, 9.17) is 4.42 Å². The number of benzene rings is 2. The van der Waals surface area contributed by atoms with E-state index in [-0.39, 0.29) is 11.7 Å². The Hall–Kier alpha value is -3.14. The smallest absolute Gasteiger partial charge is 0.287 e. The number of furan rings is 1. The number of aldehydes is 1. The zero-order valence-corrected chi connectivity index (χ0v) is 12.4. The van der Waals surface area contributed by atoms with Gasteiger partial charge in [0.2, 0.25) is 0 Å². The molecule has 0 fully saturated rings. The number of hydrogen-bond acceptors (Lipinski definition) is 3. The van der Waals surface area contributed by atoms with Gasteiger partial charge in [0.25, 0.3) is 5.91 Å². The first kappa shape index (κ1) is 14.8. The van der Waals surface area contributed by atoms with E-state index < -0.39 is 0 Å². The quantitative estimate of drug-likeness (QED) is 0.731. The second-order valence-corrected chi connectivity index (χ2v) is 5.07.